The van der Waals surface area contributed by atoms with Crippen molar-refractivity contribution in [3.05, 3.63) is 54.7 Å². The highest BCUT2D eigenvalue weighted by Gasteiger charge is 2.34. The Morgan fingerprint density at radius 1 is 1.20 bits per heavy atom. The van der Waals surface area contributed by atoms with Crippen molar-refractivity contribution < 1.29 is 9.90 Å². The Hall–Kier alpha value is -2.80. The summed E-state index contributed by atoms with van der Waals surface area (Å²) >= 11 is 0. The van der Waals surface area contributed by atoms with Crippen LogP contribution in [0.25, 0.3) is 10.9 Å². The van der Waals surface area contributed by atoms with Gasteiger partial charge in [-0.05, 0) is 37.0 Å². The van der Waals surface area contributed by atoms with Crippen molar-refractivity contribution in [2.45, 2.75) is 31.5 Å². The molecule has 1 aliphatic carbocycles. The fraction of sp³-hybridized carbons (Fsp3) is 0.333. The number of fused-ring (bicyclic) bond motifs is 1. The first-order valence-corrected chi connectivity index (χ1v) is 8.37. The summed E-state index contributed by atoms with van der Waals surface area (Å²) in [5.74, 6) is -0.0214. The highest BCUT2D eigenvalue weighted by Crippen LogP contribution is 2.28. The van der Waals surface area contributed by atoms with Crippen LogP contribution in [-0.2, 0) is 6.54 Å². The number of aromatic nitrogens is 4. The molecule has 0 bridgehead atoms. The molecule has 25 heavy (non-hydrogen) atoms. The van der Waals surface area contributed by atoms with Crippen LogP contribution in [0.2, 0.25) is 0 Å². The molecular weight excluding hydrogens is 318 g/mol. The maximum atomic E-state index is 12.6. The molecule has 1 fully saturated rings. The number of pyridine rings is 2. The predicted molar refractivity (Wildman–Crippen MR) is 91.8 cm³/mol. The van der Waals surface area contributed by atoms with E-state index in [-0.39, 0.29) is 17.9 Å². The normalized spacial score (nSPS) is 23.0. The summed E-state index contributed by atoms with van der Waals surface area (Å²) in [7, 11) is 0. The Kier molecular flexibility index (Phi) is 4.15. The summed E-state index contributed by atoms with van der Waals surface area (Å²) in [6, 6.07) is 7.14. The van der Waals surface area contributed by atoms with E-state index in [4.69, 9.17) is 0 Å². The number of carbonyl (C=O) groups excluding carboxylic acids is 1. The first-order chi connectivity index (χ1) is 12.2. The molecule has 1 amide bonds. The van der Waals surface area contributed by atoms with Crippen molar-refractivity contribution in [3.8, 4) is 0 Å². The molecule has 3 atom stereocenters. The Morgan fingerprint density at radius 3 is 2.96 bits per heavy atom. The number of aliphatic hydroxyl groups excluding tert-OH is 1. The van der Waals surface area contributed by atoms with Gasteiger partial charge < -0.3 is 10.4 Å². The molecule has 3 aromatic rings. The van der Waals surface area contributed by atoms with Crippen molar-refractivity contribution in [2.24, 2.45) is 5.92 Å². The van der Waals surface area contributed by atoms with Crippen LogP contribution in [0.3, 0.4) is 0 Å². The van der Waals surface area contributed by atoms with E-state index in [9.17, 15) is 9.90 Å². The SMILES string of the molecule is O=C(N[C@@H]1CC(Cn2cccn2)C[C@H]1O)c1nccc2cccnc12. The zero-order chi connectivity index (χ0) is 17.2. The van der Waals surface area contributed by atoms with Crippen LogP contribution < -0.4 is 5.32 Å². The molecule has 1 aliphatic rings. The van der Waals surface area contributed by atoms with Crippen molar-refractivity contribution in [2.75, 3.05) is 0 Å². The number of amides is 1. The number of carbonyl (C=O) groups is 1. The second kappa shape index (κ2) is 6.60. The van der Waals surface area contributed by atoms with Crippen LogP contribution in [0.5, 0.6) is 0 Å². The Balaban J connectivity index is 1.47. The van der Waals surface area contributed by atoms with Gasteiger partial charge in [-0.25, -0.2) is 4.98 Å². The molecule has 1 unspecified atom stereocenters. The molecule has 4 rings (SSSR count). The van der Waals surface area contributed by atoms with E-state index in [1.165, 1.54) is 0 Å². The lowest BCUT2D eigenvalue weighted by Crippen LogP contribution is -2.40. The van der Waals surface area contributed by atoms with E-state index in [1.54, 1.807) is 18.6 Å². The van der Waals surface area contributed by atoms with E-state index < -0.39 is 6.10 Å². The van der Waals surface area contributed by atoms with Gasteiger partial charge in [-0.1, -0.05) is 6.07 Å². The van der Waals surface area contributed by atoms with Gasteiger partial charge in [-0.2, -0.15) is 5.10 Å². The number of nitrogens with one attached hydrogen (secondary N) is 1. The second-order valence-electron chi connectivity index (χ2n) is 6.45. The summed E-state index contributed by atoms with van der Waals surface area (Å²) in [5, 5.41) is 18.3. The standard InChI is InChI=1S/C18H19N5O2/c24-15-10-12(11-23-8-2-6-21-23)9-14(15)22-18(25)17-16-13(4-7-20-17)3-1-5-19-16/h1-8,12,14-15,24H,9-11H2,(H,22,25)/t12?,14-,15-/m1/s1. The average Bonchev–Trinajstić information content (AvgIpc) is 3.25. The molecule has 0 aromatic carbocycles. The van der Waals surface area contributed by atoms with Crippen LogP contribution in [0.1, 0.15) is 23.3 Å². The monoisotopic (exact) mass is 337 g/mol. The molecular formula is C18H19N5O2. The van der Waals surface area contributed by atoms with Crippen molar-refractivity contribution in [1.29, 1.82) is 0 Å². The van der Waals surface area contributed by atoms with Crippen molar-refractivity contribution in [1.82, 2.24) is 25.1 Å². The van der Waals surface area contributed by atoms with Gasteiger partial charge in [0.25, 0.3) is 5.91 Å². The number of nitrogens with zero attached hydrogens (tertiary/aromatic N) is 4. The summed E-state index contributed by atoms with van der Waals surface area (Å²) < 4.78 is 1.86. The number of aliphatic hydroxyl groups is 1. The fourth-order valence-electron chi connectivity index (χ4n) is 3.50. The largest absolute Gasteiger partial charge is 0.391 e. The zero-order valence-corrected chi connectivity index (χ0v) is 13.6. The van der Waals surface area contributed by atoms with Gasteiger partial charge in [0, 0.05) is 36.7 Å². The van der Waals surface area contributed by atoms with Gasteiger partial charge in [0.2, 0.25) is 0 Å². The molecule has 0 radical (unpaired) electrons. The van der Waals surface area contributed by atoms with Crippen LogP contribution in [0.4, 0.5) is 0 Å². The smallest absolute Gasteiger partial charge is 0.272 e. The number of hydrogen-bond acceptors (Lipinski definition) is 5. The van der Waals surface area contributed by atoms with Crippen LogP contribution >= 0.6 is 0 Å². The third kappa shape index (κ3) is 3.23. The van der Waals surface area contributed by atoms with E-state index in [2.05, 4.69) is 20.4 Å². The average molecular weight is 337 g/mol. The maximum absolute atomic E-state index is 12.6. The Morgan fingerprint density at radius 2 is 2.12 bits per heavy atom. The fourth-order valence-corrected chi connectivity index (χ4v) is 3.50. The molecule has 3 heterocycles. The summed E-state index contributed by atoms with van der Waals surface area (Å²) in [6.45, 7) is 0.741. The third-order valence-electron chi connectivity index (χ3n) is 4.68. The van der Waals surface area contributed by atoms with Gasteiger partial charge in [0.05, 0.1) is 12.1 Å². The topological polar surface area (TPSA) is 92.9 Å². The van der Waals surface area contributed by atoms with Crippen LogP contribution in [0.15, 0.2) is 49.1 Å². The molecule has 0 spiro atoms. The maximum Gasteiger partial charge on any atom is 0.272 e. The highest BCUT2D eigenvalue weighted by molar-refractivity contribution is 6.03. The zero-order valence-electron chi connectivity index (χ0n) is 13.6. The molecule has 3 aromatic heterocycles. The highest BCUT2D eigenvalue weighted by atomic mass is 16.3. The minimum absolute atomic E-state index is 0.277. The van der Waals surface area contributed by atoms with Crippen LogP contribution in [-0.4, -0.2) is 42.9 Å². The van der Waals surface area contributed by atoms with Gasteiger partial charge in [-0.3, -0.25) is 14.5 Å². The van der Waals surface area contributed by atoms with Crippen LogP contribution in [0, 0.1) is 5.92 Å². The summed E-state index contributed by atoms with van der Waals surface area (Å²) in [6.07, 6.45) is 7.69. The minimum atomic E-state index is -0.563. The molecule has 0 saturated heterocycles. The minimum Gasteiger partial charge on any atom is -0.391 e. The molecule has 2 N–H and O–H groups in total. The third-order valence-corrected chi connectivity index (χ3v) is 4.68. The predicted octanol–water partition coefficient (Wildman–Crippen LogP) is 1.40. The van der Waals surface area contributed by atoms with Crippen molar-refractivity contribution in [3.63, 3.8) is 0 Å². The lowest BCUT2D eigenvalue weighted by molar-refractivity contribution is 0.0869. The Bertz CT molecular complexity index is 875. The molecule has 1 saturated carbocycles. The molecule has 0 aliphatic heterocycles. The molecule has 128 valence electrons. The summed E-state index contributed by atoms with van der Waals surface area (Å²) in [5.41, 5.74) is 0.865. The molecule has 7 nitrogen and oxygen atoms in total. The van der Waals surface area contributed by atoms with Gasteiger partial charge in [0.1, 0.15) is 5.52 Å². The van der Waals surface area contributed by atoms with Gasteiger partial charge in [-0.15, -0.1) is 0 Å². The van der Waals surface area contributed by atoms with E-state index in [1.807, 2.05) is 35.1 Å². The summed E-state index contributed by atoms with van der Waals surface area (Å²) in [4.78, 5) is 21.1. The second-order valence-corrected chi connectivity index (χ2v) is 6.45. The first kappa shape index (κ1) is 15.7. The Labute approximate surface area is 144 Å². The van der Waals surface area contributed by atoms with E-state index >= 15 is 0 Å². The quantitative estimate of drug-likeness (QED) is 0.750. The first-order valence-electron chi connectivity index (χ1n) is 8.37. The number of rotatable bonds is 4. The lowest BCUT2D eigenvalue weighted by atomic mass is 10.1. The lowest BCUT2D eigenvalue weighted by Gasteiger charge is -2.16. The molecule has 7 heteroatoms. The number of hydrogen-bond donors (Lipinski definition) is 2. The van der Waals surface area contributed by atoms with Gasteiger partial charge >= 0.3 is 0 Å². The van der Waals surface area contributed by atoms with Gasteiger partial charge in [0.15, 0.2) is 5.69 Å². The van der Waals surface area contributed by atoms with E-state index in [0.29, 0.717) is 24.1 Å². The van der Waals surface area contributed by atoms with Crippen molar-refractivity contribution >= 4 is 16.8 Å². The van der Waals surface area contributed by atoms with E-state index in [0.717, 1.165) is 11.9 Å².